The highest BCUT2D eigenvalue weighted by atomic mass is 35.5. The smallest absolute Gasteiger partial charge is 0.271 e. The normalized spacial score (nSPS) is 13.0. The summed E-state index contributed by atoms with van der Waals surface area (Å²) in [5.41, 5.74) is 10.6. The average molecular weight is 404 g/mol. The fourth-order valence-corrected chi connectivity index (χ4v) is 3.70. The topological polar surface area (TPSA) is 44.7 Å². The van der Waals surface area contributed by atoms with Crippen molar-refractivity contribution in [3.05, 3.63) is 99.1 Å². The summed E-state index contributed by atoms with van der Waals surface area (Å²) in [5.74, 6) is -0.291. The summed E-state index contributed by atoms with van der Waals surface area (Å²) in [6, 6.07) is 19.6. The lowest BCUT2D eigenvalue weighted by Crippen LogP contribution is -2.17. The van der Waals surface area contributed by atoms with E-state index in [0.717, 1.165) is 18.7 Å². The number of nitrogens with zero attached hydrogens (tertiary/aromatic N) is 2. The number of rotatable bonds is 4. The van der Waals surface area contributed by atoms with Gasteiger partial charge in [-0.15, -0.1) is 0 Å². The van der Waals surface area contributed by atoms with Gasteiger partial charge in [-0.25, -0.2) is 5.43 Å². The lowest BCUT2D eigenvalue weighted by Gasteiger charge is -2.17. The summed E-state index contributed by atoms with van der Waals surface area (Å²) >= 11 is 5.91. The number of halogens is 1. The molecule has 5 heteroatoms. The second-order valence-electron chi connectivity index (χ2n) is 7.36. The van der Waals surface area contributed by atoms with E-state index in [1.165, 1.54) is 27.9 Å². The minimum atomic E-state index is -0.291. The van der Waals surface area contributed by atoms with E-state index in [1.54, 1.807) is 30.5 Å². The van der Waals surface area contributed by atoms with Gasteiger partial charge in [0.1, 0.15) is 0 Å². The standard InChI is InChI=1S/C24H22ClN3O/c1-16-10-20-14-28(15-21(20)11-17(16)2)23-8-6-18(7-9-23)13-26-27-24(29)19-4-3-5-22(25)12-19/h3-13H,14-15H2,1-2H3,(H,27,29)/b26-13-. The predicted molar refractivity (Wildman–Crippen MR) is 119 cm³/mol. The number of hydrazone groups is 1. The van der Waals surface area contributed by atoms with E-state index in [1.807, 2.05) is 12.1 Å². The summed E-state index contributed by atoms with van der Waals surface area (Å²) < 4.78 is 0. The molecule has 0 radical (unpaired) electrons. The fourth-order valence-electron chi connectivity index (χ4n) is 3.51. The number of anilines is 1. The molecule has 4 rings (SSSR count). The molecule has 0 saturated heterocycles. The Kier molecular flexibility index (Phi) is 5.36. The van der Waals surface area contributed by atoms with Crippen LogP contribution in [-0.4, -0.2) is 12.1 Å². The van der Waals surface area contributed by atoms with Gasteiger partial charge in [0.15, 0.2) is 0 Å². The molecule has 146 valence electrons. The van der Waals surface area contributed by atoms with Gasteiger partial charge in [-0.1, -0.05) is 41.9 Å². The van der Waals surface area contributed by atoms with E-state index in [2.05, 4.69) is 53.5 Å². The van der Waals surface area contributed by atoms with Crippen LogP contribution in [-0.2, 0) is 13.1 Å². The molecule has 1 N–H and O–H groups in total. The van der Waals surface area contributed by atoms with Gasteiger partial charge in [-0.2, -0.15) is 5.10 Å². The summed E-state index contributed by atoms with van der Waals surface area (Å²) in [6.07, 6.45) is 1.64. The monoisotopic (exact) mass is 403 g/mol. The average Bonchev–Trinajstić information content (AvgIpc) is 3.11. The highest BCUT2D eigenvalue weighted by Gasteiger charge is 2.19. The zero-order valence-corrected chi connectivity index (χ0v) is 17.2. The van der Waals surface area contributed by atoms with E-state index in [9.17, 15) is 4.79 Å². The Labute approximate surface area is 175 Å². The molecule has 0 unspecified atom stereocenters. The van der Waals surface area contributed by atoms with Gasteiger partial charge in [0.2, 0.25) is 0 Å². The van der Waals surface area contributed by atoms with Crippen molar-refractivity contribution in [3.63, 3.8) is 0 Å². The zero-order chi connectivity index (χ0) is 20.4. The highest BCUT2D eigenvalue weighted by Crippen LogP contribution is 2.30. The van der Waals surface area contributed by atoms with Crippen LogP contribution in [0, 0.1) is 13.8 Å². The molecule has 0 fully saturated rings. The van der Waals surface area contributed by atoms with Gasteiger partial charge in [0, 0.05) is 29.4 Å². The number of hydrogen-bond acceptors (Lipinski definition) is 3. The maximum absolute atomic E-state index is 12.1. The van der Waals surface area contributed by atoms with Gasteiger partial charge in [0.05, 0.1) is 6.21 Å². The molecule has 0 aromatic heterocycles. The highest BCUT2D eigenvalue weighted by molar-refractivity contribution is 6.30. The minimum Gasteiger partial charge on any atom is -0.363 e. The molecule has 1 aliphatic rings. The predicted octanol–water partition coefficient (Wildman–Crippen LogP) is 5.24. The lowest BCUT2D eigenvalue weighted by atomic mass is 10.0. The third-order valence-electron chi connectivity index (χ3n) is 5.26. The first-order valence-corrected chi connectivity index (χ1v) is 9.90. The van der Waals surface area contributed by atoms with Crippen molar-refractivity contribution in [2.75, 3.05) is 4.90 Å². The van der Waals surface area contributed by atoms with Crippen LogP contribution in [0.3, 0.4) is 0 Å². The van der Waals surface area contributed by atoms with Crippen molar-refractivity contribution in [1.29, 1.82) is 0 Å². The Balaban J connectivity index is 1.38. The third-order valence-corrected chi connectivity index (χ3v) is 5.50. The number of nitrogens with one attached hydrogen (secondary N) is 1. The summed E-state index contributed by atoms with van der Waals surface area (Å²) in [5, 5.41) is 4.57. The Morgan fingerprint density at radius 1 is 1.00 bits per heavy atom. The molecule has 0 aliphatic carbocycles. The molecule has 29 heavy (non-hydrogen) atoms. The van der Waals surface area contributed by atoms with Crippen molar-refractivity contribution in [2.45, 2.75) is 26.9 Å². The number of fused-ring (bicyclic) bond motifs is 1. The number of aryl methyl sites for hydroxylation is 2. The first-order chi connectivity index (χ1) is 14.0. The molecule has 1 heterocycles. The number of hydrogen-bond donors (Lipinski definition) is 1. The second-order valence-corrected chi connectivity index (χ2v) is 7.80. The summed E-state index contributed by atoms with van der Waals surface area (Å²) in [6.45, 7) is 6.19. The molecule has 3 aromatic carbocycles. The van der Waals surface area contributed by atoms with Crippen LogP contribution in [0.25, 0.3) is 0 Å². The van der Waals surface area contributed by atoms with Crippen LogP contribution in [0.1, 0.15) is 38.2 Å². The first-order valence-electron chi connectivity index (χ1n) is 9.52. The van der Waals surface area contributed by atoms with E-state index in [0.29, 0.717) is 10.6 Å². The quantitative estimate of drug-likeness (QED) is 0.478. The van der Waals surface area contributed by atoms with Gasteiger partial charge in [-0.05, 0) is 72.0 Å². The van der Waals surface area contributed by atoms with Crippen molar-refractivity contribution < 1.29 is 4.79 Å². The molecule has 4 nitrogen and oxygen atoms in total. The number of benzene rings is 3. The van der Waals surface area contributed by atoms with E-state index in [4.69, 9.17) is 11.6 Å². The number of amides is 1. The van der Waals surface area contributed by atoms with Crippen LogP contribution in [0.4, 0.5) is 5.69 Å². The van der Waals surface area contributed by atoms with Gasteiger partial charge in [-0.3, -0.25) is 4.79 Å². The molecule has 0 atom stereocenters. The molecular formula is C24H22ClN3O. The largest absolute Gasteiger partial charge is 0.363 e. The molecule has 0 saturated carbocycles. The third kappa shape index (κ3) is 4.33. The van der Waals surface area contributed by atoms with Gasteiger partial charge >= 0.3 is 0 Å². The van der Waals surface area contributed by atoms with Crippen LogP contribution in [0.15, 0.2) is 65.8 Å². The van der Waals surface area contributed by atoms with Crippen molar-refractivity contribution in [1.82, 2.24) is 5.43 Å². The van der Waals surface area contributed by atoms with Crippen molar-refractivity contribution in [2.24, 2.45) is 5.10 Å². The van der Waals surface area contributed by atoms with Crippen molar-refractivity contribution >= 4 is 29.4 Å². The summed E-state index contributed by atoms with van der Waals surface area (Å²) in [4.78, 5) is 14.4. The molecule has 0 bridgehead atoms. The Morgan fingerprint density at radius 3 is 2.28 bits per heavy atom. The Morgan fingerprint density at radius 2 is 1.66 bits per heavy atom. The molecule has 3 aromatic rings. The van der Waals surface area contributed by atoms with Crippen LogP contribution >= 0.6 is 11.6 Å². The van der Waals surface area contributed by atoms with Crippen LogP contribution in [0.5, 0.6) is 0 Å². The zero-order valence-electron chi connectivity index (χ0n) is 16.4. The SMILES string of the molecule is Cc1cc2c(cc1C)CN(c1ccc(/C=N\NC(=O)c3cccc(Cl)c3)cc1)C2. The Hall–Kier alpha value is -3.11. The van der Waals surface area contributed by atoms with E-state index in [-0.39, 0.29) is 5.91 Å². The molecule has 1 amide bonds. The lowest BCUT2D eigenvalue weighted by molar-refractivity contribution is 0.0955. The second kappa shape index (κ2) is 8.10. The van der Waals surface area contributed by atoms with Crippen molar-refractivity contribution in [3.8, 4) is 0 Å². The first kappa shape index (κ1) is 19.2. The maximum Gasteiger partial charge on any atom is 0.271 e. The molecule has 1 aliphatic heterocycles. The molecule has 0 spiro atoms. The fraction of sp³-hybridized carbons (Fsp3) is 0.167. The Bertz CT molecular complexity index is 1060. The van der Waals surface area contributed by atoms with Crippen LogP contribution in [0.2, 0.25) is 5.02 Å². The molecular weight excluding hydrogens is 382 g/mol. The van der Waals surface area contributed by atoms with E-state index >= 15 is 0 Å². The van der Waals surface area contributed by atoms with Crippen LogP contribution < -0.4 is 10.3 Å². The summed E-state index contributed by atoms with van der Waals surface area (Å²) in [7, 11) is 0. The number of carbonyl (C=O) groups is 1. The van der Waals surface area contributed by atoms with Gasteiger partial charge < -0.3 is 4.90 Å². The maximum atomic E-state index is 12.1. The van der Waals surface area contributed by atoms with E-state index < -0.39 is 0 Å². The van der Waals surface area contributed by atoms with Gasteiger partial charge in [0.25, 0.3) is 5.91 Å². The minimum absolute atomic E-state index is 0.291. The number of carbonyl (C=O) groups excluding carboxylic acids is 1.